The van der Waals surface area contributed by atoms with Gasteiger partial charge in [0.1, 0.15) is 12.1 Å². The van der Waals surface area contributed by atoms with Gasteiger partial charge in [-0.1, -0.05) is 42.1 Å². The van der Waals surface area contributed by atoms with Gasteiger partial charge >= 0.3 is 0 Å². The number of thioether (sulfide) groups is 1. The minimum Gasteiger partial charge on any atom is -0.497 e. The van der Waals surface area contributed by atoms with Crippen LogP contribution in [0.4, 0.5) is 0 Å². The van der Waals surface area contributed by atoms with Gasteiger partial charge in [0.25, 0.3) is 0 Å². The maximum absolute atomic E-state index is 12.1. The number of carbonyl (C=O) groups is 1. The molecule has 3 aromatic rings. The number of methoxy groups -OCH3 is 1. The molecule has 6 nitrogen and oxygen atoms in total. The van der Waals surface area contributed by atoms with E-state index in [4.69, 9.17) is 4.74 Å². The highest BCUT2D eigenvalue weighted by molar-refractivity contribution is 7.99. The van der Waals surface area contributed by atoms with Crippen LogP contribution in [0.15, 0.2) is 66.1 Å². The maximum atomic E-state index is 12.1. The van der Waals surface area contributed by atoms with Gasteiger partial charge in [-0.05, 0) is 29.8 Å². The van der Waals surface area contributed by atoms with Crippen molar-refractivity contribution in [1.29, 1.82) is 0 Å². The average molecular weight is 354 g/mol. The first-order valence-corrected chi connectivity index (χ1v) is 8.72. The summed E-state index contributed by atoms with van der Waals surface area (Å²) in [6.07, 6.45) is 1.64. The van der Waals surface area contributed by atoms with E-state index >= 15 is 0 Å². The van der Waals surface area contributed by atoms with Crippen LogP contribution in [0, 0.1) is 0 Å². The average Bonchev–Trinajstić information content (AvgIpc) is 3.14. The van der Waals surface area contributed by atoms with E-state index in [0.29, 0.717) is 11.7 Å². The van der Waals surface area contributed by atoms with Crippen molar-refractivity contribution >= 4 is 17.7 Å². The summed E-state index contributed by atoms with van der Waals surface area (Å²) in [4.78, 5) is 12.1. The summed E-state index contributed by atoms with van der Waals surface area (Å²) < 4.78 is 7.04. The number of ether oxygens (including phenoxy) is 1. The van der Waals surface area contributed by atoms with Crippen LogP contribution in [0.3, 0.4) is 0 Å². The molecule has 0 bridgehead atoms. The van der Waals surface area contributed by atoms with Crippen LogP contribution in [-0.4, -0.2) is 33.5 Å². The topological polar surface area (TPSA) is 69.0 Å². The Labute approximate surface area is 150 Å². The second-order valence-electron chi connectivity index (χ2n) is 5.24. The molecule has 0 atom stereocenters. The van der Waals surface area contributed by atoms with Crippen molar-refractivity contribution in [2.24, 2.45) is 0 Å². The van der Waals surface area contributed by atoms with Crippen molar-refractivity contribution in [2.75, 3.05) is 12.9 Å². The molecule has 1 N–H and O–H groups in total. The Morgan fingerprint density at radius 2 is 2.04 bits per heavy atom. The molecule has 1 aromatic heterocycles. The second kappa shape index (κ2) is 8.34. The van der Waals surface area contributed by atoms with Crippen molar-refractivity contribution in [3.63, 3.8) is 0 Å². The van der Waals surface area contributed by atoms with E-state index in [1.165, 1.54) is 11.8 Å². The molecule has 1 amide bonds. The molecule has 2 aromatic carbocycles. The Morgan fingerprint density at radius 3 is 2.84 bits per heavy atom. The zero-order chi connectivity index (χ0) is 17.5. The number of carbonyl (C=O) groups excluding carboxylic acids is 1. The van der Waals surface area contributed by atoms with E-state index in [-0.39, 0.29) is 11.7 Å². The van der Waals surface area contributed by atoms with Crippen molar-refractivity contribution < 1.29 is 9.53 Å². The molecule has 0 spiro atoms. The third-order valence-electron chi connectivity index (χ3n) is 3.51. The van der Waals surface area contributed by atoms with Gasteiger partial charge in [-0.15, -0.1) is 10.2 Å². The molecule has 7 heteroatoms. The first-order valence-electron chi connectivity index (χ1n) is 7.74. The molecular weight excluding hydrogens is 336 g/mol. The Hall–Kier alpha value is -2.80. The molecule has 0 fully saturated rings. The number of hydrogen-bond acceptors (Lipinski definition) is 5. The minimum atomic E-state index is -0.0598. The van der Waals surface area contributed by atoms with Crippen LogP contribution in [-0.2, 0) is 11.3 Å². The largest absolute Gasteiger partial charge is 0.497 e. The lowest BCUT2D eigenvalue weighted by Crippen LogP contribution is -2.24. The summed E-state index contributed by atoms with van der Waals surface area (Å²) in [6, 6.07) is 17.4. The van der Waals surface area contributed by atoms with E-state index in [1.54, 1.807) is 13.4 Å². The second-order valence-corrected chi connectivity index (χ2v) is 6.18. The molecule has 128 valence electrons. The van der Waals surface area contributed by atoms with E-state index in [0.717, 1.165) is 17.0 Å². The molecule has 0 aliphatic rings. The standard InChI is InChI=1S/C18H18N4O2S/c1-24-16-9-5-6-14(10-16)11-19-17(23)12-25-18-21-20-13-22(18)15-7-3-2-4-8-15/h2-10,13H,11-12H2,1H3,(H,19,23). The Balaban J connectivity index is 1.54. The molecule has 25 heavy (non-hydrogen) atoms. The van der Waals surface area contributed by atoms with Crippen LogP contribution < -0.4 is 10.1 Å². The number of aromatic nitrogens is 3. The van der Waals surface area contributed by atoms with Gasteiger partial charge in [-0.2, -0.15) is 0 Å². The van der Waals surface area contributed by atoms with Crippen LogP contribution in [0.2, 0.25) is 0 Å². The molecule has 0 radical (unpaired) electrons. The van der Waals surface area contributed by atoms with Crippen molar-refractivity contribution in [3.05, 3.63) is 66.5 Å². The van der Waals surface area contributed by atoms with E-state index in [1.807, 2.05) is 59.2 Å². The van der Waals surface area contributed by atoms with E-state index < -0.39 is 0 Å². The monoisotopic (exact) mass is 354 g/mol. The predicted molar refractivity (Wildman–Crippen MR) is 96.9 cm³/mol. The molecular formula is C18H18N4O2S. The third kappa shape index (κ3) is 4.60. The van der Waals surface area contributed by atoms with Gasteiger partial charge in [0.2, 0.25) is 5.91 Å². The van der Waals surface area contributed by atoms with Gasteiger partial charge in [-0.25, -0.2) is 0 Å². The molecule has 3 rings (SSSR count). The number of hydrogen-bond donors (Lipinski definition) is 1. The zero-order valence-electron chi connectivity index (χ0n) is 13.8. The highest BCUT2D eigenvalue weighted by Crippen LogP contribution is 2.19. The summed E-state index contributed by atoms with van der Waals surface area (Å²) in [5.74, 6) is 0.989. The first kappa shape index (κ1) is 17.0. The fraction of sp³-hybridized carbons (Fsp3) is 0.167. The Kier molecular flexibility index (Phi) is 5.69. The molecule has 0 saturated heterocycles. The Bertz CT molecular complexity index is 836. The van der Waals surface area contributed by atoms with Gasteiger partial charge in [-0.3, -0.25) is 9.36 Å². The van der Waals surface area contributed by atoms with Crippen LogP contribution >= 0.6 is 11.8 Å². The normalized spacial score (nSPS) is 10.4. The van der Waals surface area contributed by atoms with Gasteiger partial charge in [0.15, 0.2) is 5.16 Å². The lowest BCUT2D eigenvalue weighted by Gasteiger charge is -2.08. The fourth-order valence-corrected chi connectivity index (χ4v) is 3.01. The number of nitrogens with one attached hydrogen (secondary N) is 1. The number of amides is 1. The number of benzene rings is 2. The summed E-state index contributed by atoms with van der Waals surface area (Å²) in [5, 5.41) is 11.6. The highest BCUT2D eigenvalue weighted by atomic mass is 32.2. The first-order chi connectivity index (χ1) is 12.3. The van der Waals surface area contributed by atoms with Crippen LogP contribution in [0.5, 0.6) is 5.75 Å². The predicted octanol–water partition coefficient (Wildman–Crippen LogP) is 2.68. The molecule has 0 aliphatic heterocycles. The van der Waals surface area contributed by atoms with Crippen molar-refractivity contribution in [2.45, 2.75) is 11.7 Å². The van der Waals surface area contributed by atoms with Gasteiger partial charge < -0.3 is 10.1 Å². The lowest BCUT2D eigenvalue weighted by molar-refractivity contribution is -0.118. The van der Waals surface area contributed by atoms with Crippen molar-refractivity contribution in [3.8, 4) is 11.4 Å². The van der Waals surface area contributed by atoms with Gasteiger partial charge in [0.05, 0.1) is 12.9 Å². The quantitative estimate of drug-likeness (QED) is 0.661. The highest BCUT2D eigenvalue weighted by Gasteiger charge is 2.10. The van der Waals surface area contributed by atoms with E-state index in [9.17, 15) is 4.79 Å². The molecule has 1 heterocycles. The number of para-hydroxylation sites is 1. The summed E-state index contributed by atoms with van der Waals surface area (Å²) in [7, 11) is 1.62. The minimum absolute atomic E-state index is 0.0598. The fourth-order valence-electron chi connectivity index (χ4n) is 2.25. The molecule has 0 aliphatic carbocycles. The summed E-state index contributed by atoms with van der Waals surface area (Å²) in [5.41, 5.74) is 1.96. The zero-order valence-corrected chi connectivity index (χ0v) is 14.6. The summed E-state index contributed by atoms with van der Waals surface area (Å²) in [6.45, 7) is 0.460. The van der Waals surface area contributed by atoms with Crippen LogP contribution in [0.1, 0.15) is 5.56 Å². The lowest BCUT2D eigenvalue weighted by atomic mass is 10.2. The molecule has 0 unspecified atom stereocenters. The maximum Gasteiger partial charge on any atom is 0.230 e. The van der Waals surface area contributed by atoms with Crippen molar-refractivity contribution in [1.82, 2.24) is 20.1 Å². The summed E-state index contributed by atoms with van der Waals surface area (Å²) >= 11 is 1.35. The third-order valence-corrected chi connectivity index (χ3v) is 4.45. The number of nitrogens with zero attached hydrogens (tertiary/aromatic N) is 3. The SMILES string of the molecule is COc1cccc(CNC(=O)CSc2nncn2-c2ccccc2)c1. The van der Waals surface area contributed by atoms with Gasteiger partial charge in [0, 0.05) is 12.2 Å². The Morgan fingerprint density at radius 1 is 1.20 bits per heavy atom. The number of rotatable bonds is 7. The smallest absolute Gasteiger partial charge is 0.230 e. The molecule has 0 saturated carbocycles. The van der Waals surface area contributed by atoms with Crippen LogP contribution in [0.25, 0.3) is 5.69 Å². The van der Waals surface area contributed by atoms with E-state index in [2.05, 4.69) is 15.5 Å².